The SMILES string of the molecule is COc1ccc(COc2ccc(-c3c(C)nc(C)c(C(OC(C)(C)C)C(=O)O)c3-c3ccc(OCc4ccc(OC)cc4)cc3)cc2)cc1. The summed E-state index contributed by atoms with van der Waals surface area (Å²) < 4.78 is 28.9. The number of benzene rings is 4. The van der Waals surface area contributed by atoms with Crippen molar-refractivity contribution in [3.8, 4) is 45.3 Å². The molecule has 0 radical (unpaired) electrons. The van der Waals surface area contributed by atoms with Gasteiger partial charge in [0.1, 0.15) is 36.2 Å². The van der Waals surface area contributed by atoms with E-state index in [0.29, 0.717) is 36.0 Å². The van der Waals surface area contributed by atoms with Crippen LogP contribution < -0.4 is 18.9 Å². The fourth-order valence-electron chi connectivity index (χ4n) is 5.64. The van der Waals surface area contributed by atoms with E-state index >= 15 is 0 Å². The van der Waals surface area contributed by atoms with Gasteiger partial charge in [-0.25, -0.2) is 4.79 Å². The Morgan fingerprint density at radius 1 is 0.633 bits per heavy atom. The third-order valence-corrected chi connectivity index (χ3v) is 7.98. The minimum Gasteiger partial charge on any atom is -0.497 e. The van der Waals surface area contributed by atoms with E-state index in [2.05, 4.69) is 0 Å². The Kier molecular flexibility index (Phi) is 10.9. The fourth-order valence-corrected chi connectivity index (χ4v) is 5.64. The largest absolute Gasteiger partial charge is 0.497 e. The molecule has 4 aromatic carbocycles. The van der Waals surface area contributed by atoms with E-state index in [0.717, 1.165) is 50.6 Å². The van der Waals surface area contributed by atoms with Crippen molar-refractivity contribution in [1.82, 2.24) is 4.98 Å². The van der Waals surface area contributed by atoms with Crippen molar-refractivity contribution in [2.75, 3.05) is 14.2 Å². The Morgan fingerprint density at radius 3 is 1.43 bits per heavy atom. The molecule has 0 saturated carbocycles. The third kappa shape index (κ3) is 8.77. The van der Waals surface area contributed by atoms with Gasteiger partial charge in [-0.15, -0.1) is 0 Å². The zero-order valence-corrected chi connectivity index (χ0v) is 29.1. The second-order valence-corrected chi connectivity index (χ2v) is 12.7. The van der Waals surface area contributed by atoms with Crippen LogP contribution in [-0.2, 0) is 22.7 Å². The molecule has 1 atom stereocenters. The van der Waals surface area contributed by atoms with E-state index in [1.807, 2.05) is 132 Å². The first-order chi connectivity index (χ1) is 23.5. The highest BCUT2D eigenvalue weighted by Crippen LogP contribution is 2.43. The van der Waals surface area contributed by atoms with Gasteiger partial charge in [-0.1, -0.05) is 48.5 Å². The van der Waals surface area contributed by atoms with E-state index in [-0.39, 0.29) is 0 Å². The van der Waals surface area contributed by atoms with Crippen LogP contribution in [0.3, 0.4) is 0 Å². The highest BCUT2D eigenvalue weighted by Gasteiger charge is 2.33. The van der Waals surface area contributed by atoms with Gasteiger partial charge in [0, 0.05) is 22.5 Å². The Morgan fingerprint density at radius 2 is 1.04 bits per heavy atom. The molecule has 5 rings (SSSR count). The number of nitrogens with zero attached hydrogens (tertiary/aromatic N) is 1. The molecule has 1 N–H and O–H groups in total. The first-order valence-electron chi connectivity index (χ1n) is 16.1. The van der Waals surface area contributed by atoms with E-state index in [4.69, 9.17) is 28.7 Å². The van der Waals surface area contributed by atoms with Gasteiger partial charge in [0.25, 0.3) is 0 Å². The van der Waals surface area contributed by atoms with E-state index in [1.54, 1.807) is 14.2 Å². The smallest absolute Gasteiger partial charge is 0.337 e. The van der Waals surface area contributed by atoms with Crippen molar-refractivity contribution in [2.24, 2.45) is 0 Å². The maximum absolute atomic E-state index is 12.8. The number of carboxylic acid groups (broad SMARTS) is 1. The second kappa shape index (κ2) is 15.3. The molecule has 8 nitrogen and oxygen atoms in total. The number of ether oxygens (including phenoxy) is 5. The predicted octanol–water partition coefficient (Wildman–Crippen LogP) is 9.15. The van der Waals surface area contributed by atoms with Crippen molar-refractivity contribution in [1.29, 1.82) is 0 Å². The van der Waals surface area contributed by atoms with Crippen LogP contribution in [-0.4, -0.2) is 35.9 Å². The number of rotatable bonds is 13. The summed E-state index contributed by atoms with van der Waals surface area (Å²) in [6.07, 6.45) is -1.25. The lowest BCUT2D eigenvalue weighted by atomic mass is 9.86. The molecule has 0 amide bonds. The average Bonchev–Trinajstić information content (AvgIpc) is 3.09. The lowest BCUT2D eigenvalue weighted by Gasteiger charge is -2.29. The molecule has 0 spiro atoms. The van der Waals surface area contributed by atoms with Crippen LogP contribution in [0, 0.1) is 13.8 Å². The Balaban J connectivity index is 1.51. The quantitative estimate of drug-likeness (QED) is 0.133. The first kappa shape index (κ1) is 35.0. The van der Waals surface area contributed by atoms with Gasteiger partial charge in [0.05, 0.1) is 19.8 Å². The van der Waals surface area contributed by atoms with E-state index in [9.17, 15) is 9.90 Å². The topological polar surface area (TPSA) is 96.3 Å². The molecule has 1 heterocycles. The van der Waals surface area contributed by atoms with Gasteiger partial charge >= 0.3 is 5.97 Å². The Hall–Kier alpha value is -5.34. The number of hydrogen-bond acceptors (Lipinski definition) is 7. The minimum atomic E-state index is -1.25. The van der Waals surface area contributed by atoms with Gasteiger partial charge < -0.3 is 28.8 Å². The van der Waals surface area contributed by atoms with Crippen molar-refractivity contribution in [3.05, 3.63) is 125 Å². The van der Waals surface area contributed by atoms with Gasteiger partial charge in [0.15, 0.2) is 6.10 Å². The van der Waals surface area contributed by atoms with Crippen LogP contribution in [0.15, 0.2) is 97.1 Å². The van der Waals surface area contributed by atoms with Gasteiger partial charge in [-0.3, -0.25) is 4.98 Å². The molecule has 5 aromatic rings. The summed E-state index contributed by atoms with van der Waals surface area (Å²) in [5.74, 6) is 1.88. The van der Waals surface area contributed by atoms with Crippen LogP contribution in [0.2, 0.25) is 0 Å². The van der Waals surface area contributed by atoms with Crippen molar-refractivity contribution in [2.45, 2.75) is 59.5 Å². The molecule has 0 aliphatic carbocycles. The molecular formula is C41H43NO7. The molecule has 0 aliphatic heterocycles. The lowest BCUT2D eigenvalue weighted by Crippen LogP contribution is -2.28. The van der Waals surface area contributed by atoms with Gasteiger partial charge in [-0.2, -0.15) is 0 Å². The molecule has 254 valence electrons. The summed E-state index contributed by atoms with van der Waals surface area (Å²) in [7, 11) is 3.28. The van der Waals surface area contributed by atoms with Crippen molar-refractivity contribution < 1.29 is 33.6 Å². The van der Waals surface area contributed by atoms with Crippen LogP contribution in [0.25, 0.3) is 22.3 Å². The summed E-state index contributed by atoms with van der Waals surface area (Å²) in [6.45, 7) is 10.1. The van der Waals surface area contributed by atoms with Crippen molar-refractivity contribution in [3.63, 3.8) is 0 Å². The summed E-state index contributed by atoms with van der Waals surface area (Å²) in [4.78, 5) is 17.7. The maximum Gasteiger partial charge on any atom is 0.337 e. The first-order valence-corrected chi connectivity index (χ1v) is 16.1. The Bertz CT molecular complexity index is 1860. The van der Waals surface area contributed by atoms with Crippen LogP contribution in [0.4, 0.5) is 0 Å². The summed E-state index contributed by atoms with van der Waals surface area (Å²) in [5.41, 5.74) is 6.43. The molecular weight excluding hydrogens is 618 g/mol. The highest BCUT2D eigenvalue weighted by molar-refractivity contribution is 5.91. The second-order valence-electron chi connectivity index (χ2n) is 12.7. The van der Waals surface area contributed by atoms with Crippen LogP contribution >= 0.6 is 0 Å². The highest BCUT2D eigenvalue weighted by atomic mass is 16.5. The minimum absolute atomic E-state index is 0.390. The van der Waals surface area contributed by atoms with Gasteiger partial charge in [-0.05, 0) is 111 Å². The number of carboxylic acids is 1. The monoisotopic (exact) mass is 661 g/mol. The molecule has 0 saturated heterocycles. The summed E-state index contributed by atoms with van der Waals surface area (Å²) >= 11 is 0. The molecule has 1 aromatic heterocycles. The number of pyridine rings is 1. The van der Waals surface area contributed by atoms with E-state index in [1.165, 1.54) is 0 Å². The van der Waals surface area contributed by atoms with Gasteiger partial charge in [0.2, 0.25) is 0 Å². The number of methoxy groups -OCH3 is 2. The molecule has 1 unspecified atom stereocenters. The summed E-state index contributed by atoms with van der Waals surface area (Å²) in [6, 6.07) is 30.9. The number of hydrogen-bond donors (Lipinski definition) is 1. The third-order valence-electron chi connectivity index (χ3n) is 7.98. The standard InChI is InChI=1S/C41H43NO7/c1-26-36(30-12-20-34(21-13-30)47-24-28-8-16-32(45-6)17-9-28)38(37(27(2)42-26)39(40(43)44)49-41(3,4)5)31-14-22-35(23-15-31)48-25-29-10-18-33(46-7)19-11-29/h8-23,39H,24-25H2,1-7H3,(H,43,44). The molecule has 49 heavy (non-hydrogen) atoms. The molecule has 0 fully saturated rings. The number of carbonyl (C=O) groups is 1. The van der Waals surface area contributed by atoms with E-state index < -0.39 is 17.7 Å². The average molecular weight is 662 g/mol. The predicted molar refractivity (Wildman–Crippen MR) is 190 cm³/mol. The number of aromatic nitrogens is 1. The number of aliphatic carboxylic acids is 1. The Labute approximate surface area is 288 Å². The zero-order valence-electron chi connectivity index (χ0n) is 29.1. The zero-order chi connectivity index (χ0) is 35.1. The molecule has 8 heteroatoms. The normalized spacial score (nSPS) is 11.9. The summed E-state index contributed by atoms with van der Waals surface area (Å²) in [5, 5.41) is 10.5. The van der Waals surface area contributed by atoms with Crippen LogP contribution in [0.5, 0.6) is 23.0 Å². The molecule has 0 bridgehead atoms. The number of aryl methyl sites for hydroxylation is 2. The maximum atomic E-state index is 12.8. The molecule has 0 aliphatic rings. The lowest BCUT2D eigenvalue weighted by molar-refractivity contribution is -0.160. The van der Waals surface area contributed by atoms with Crippen LogP contribution in [0.1, 0.15) is 55.0 Å². The fraction of sp³-hybridized carbons (Fsp3) is 0.268. The van der Waals surface area contributed by atoms with Crippen molar-refractivity contribution >= 4 is 5.97 Å².